The van der Waals surface area contributed by atoms with Crippen molar-refractivity contribution in [3.63, 3.8) is 0 Å². The lowest BCUT2D eigenvalue weighted by Gasteiger charge is -2.17. The van der Waals surface area contributed by atoms with Crippen LogP contribution in [0.25, 0.3) is 11.0 Å². The highest BCUT2D eigenvalue weighted by Gasteiger charge is 2.11. The summed E-state index contributed by atoms with van der Waals surface area (Å²) in [5.74, 6) is -0.559. The van der Waals surface area contributed by atoms with E-state index in [9.17, 15) is 15.0 Å². The lowest BCUT2D eigenvalue weighted by molar-refractivity contribution is 0.305. The van der Waals surface area contributed by atoms with Crippen LogP contribution >= 0.6 is 0 Å². The van der Waals surface area contributed by atoms with Crippen LogP contribution in [-0.4, -0.2) is 38.5 Å². The van der Waals surface area contributed by atoms with E-state index in [1.807, 2.05) is 28.9 Å². The first-order valence-corrected chi connectivity index (χ1v) is 7.17. The fourth-order valence-corrected chi connectivity index (χ4v) is 2.46. The van der Waals surface area contributed by atoms with Gasteiger partial charge in [0.15, 0.2) is 11.5 Å². The van der Waals surface area contributed by atoms with Gasteiger partial charge in [0.05, 0.1) is 6.54 Å². The van der Waals surface area contributed by atoms with E-state index >= 15 is 0 Å². The van der Waals surface area contributed by atoms with Crippen LogP contribution in [-0.2, 0) is 13.1 Å². The van der Waals surface area contributed by atoms with E-state index < -0.39 is 5.63 Å². The average molecular weight is 315 g/mol. The van der Waals surface area contributed by atoms with E-state index in [0.29, 0.717) is 11.9 Å². The molecule has 0 unspecified atom stereocenters. The Morgan fingerprint density at radius 1 is 1.26 bits per heavy atom. The Bertz CT molecular complexity index is 871. The topological polar surface area (TPSA) is 91.7 Å². The standard InChI is InChI=1S/C16H17N3O4/c1-18(5-6-19-4-2-3-17-19)10-11-7-16(22)23-15-9-14(21)13(20)8-12(11)15/h2-4,7-9,20-21H,5-6,10H2,1H3. The zero-order valence-electron chi connectivity index (χ0n) is 12.6. The average Bonchev–Trinajstić information content (AvgIpc) is 3.00. The summed E-state index contributed by atoms with van der Waals surface area (Å²) in [6, 6.07) is 5.93. The summed E-state index contributed by atoms with van der Waals surface area (Å²) in [6.07, 6.45) is 3.62. The van der Waals surface area contributed by atoms with Crippen molar-refractivity contribution in [3.05, 3.63) is 52.6 Å². The Hall–Kier alpha value is -2.80. The Kier molecular flexibility index (Phi) is 4.03. The van der Waals surface area contributed by atoms with Gasteiger partial charge in [-0.25, -0.2) is 4.79 Å². The smallest absolute Gasteiger partial charge is 0.336 e. The molecule has 0 spiro atoms. The summed E-state index contributed by atoms with van der Waals surface area (Å²) in [5.41, 5.74) is 0.496. The van der Waals surface area contributed by atoms with Crippen molar-refractivity contribution in [2.24, 2.45) is 0 Å². The van der Waals surface area contributed by atoms with Gasteiger partial charge in [0.2, 0.25) is 0 Å². The van der Waals surface area contributed by atoms with Gasteiger partial charge in [-0.2, -0.15) is 5.10 Å². The number of fused-ring (bicyclic) bond motifs is 1. The summed E-state index contributed by atoms with van der Waals surface area (Å²) >= 11 is 0. The quantitative estimate of drug-likeness (QED) is 0.548. The molecular weight excluding hydrogens is 298 g/mol. The zero-order valence-corrected chi connectivity index (χ0v) is 12.6. The molecule has 1 aromatic carbocycles. The predicted molar refractivity (Wildman–Crippen MR) is 84.4 cm³/mol. The minimum absolute atomic E-state index is 0.244. The summed E-state index contributed by atoms with van der Waals surface area (Å²) in [5, 5.41) is 24.0. The molecule has 2 N–H and O–H groups in total. The van der Waals surface area contributed by atoms with Crippen LogP contribution < -0.4 is 5.63 Å². The van der Waals surface area contributed by atoms with Gasteiger partial charge >= 0.3 is 5.63 Å². The Labute approximate surface area is 132 Å². The largest absolute Gasteiger partial charge is 0.504 e. The number of hydrogen-bond donors (Lipinski definition) is 2. The van der Waals surface area contributed by atoms with Gasteiger partial charge in [-0.1, -0.05) is 0 Å². The molecule has 7 heteroatoms. The molecule has 3 aromatic rings. The second kappa shape index (κ2) is 6.13. The van der Waals surface area contributed by atoms with Gasteiger partial charge in [0.1, 0.15) is 5.58 Å². The molecule has 0 fully saturated rings. The molecule has 120 valence electrons. The first-order chi connectivity index (χ1) is 11.0. The minimum Gasteiger partial charge on any atom is -0.504 e. The molecule has 0 amide bonds. The fraction of sp³-hybridized carbons (Fsp3) is 0.250. The summed E-state index contributed by atoms with van der Waals surface area (Å²) in [4.78, 5) is 13.7. The predicted octanol–water partition coefficient (Wildman–Crippen LogP) is 1.53. The summed E-state index contributed by atoms with van der Waals surface area (Å²) in [7, 11) is 1.93. The lowest BCUT2D eigenvalue weighted by atomic mass is 10.1. The molecule has 0 saturated heterocycles. The second-order valence-corrected chi connectivity index (χ2v) is 5.43. The second-order valence-electron chi connectivity index (χ2n) is 5.43. The van der Waals surface area contributed by atoms with Crippen LogP contribution in [0.5, 0.6) is 11.5 Å². The van der Waals surface area contributed by atoms with E-state index in [0.717, 1.165) is 18.7 Å². The number of aromatic hydroxyl groups is 2. The molecule has 0 saturated carbocycles. The van der Waals surface area contributed by atoms with Crippen LogP contribution in [0.1, 0.15) is 5.56 Å². The number of phenolic OH excluding ortho intramolecular Hbond substituents is 2. The number of rotatable bonds is 5. The number of hydrogen-bond acceptors (Lipinski definition) is 6. The monoisotopic (exact) mass is 315 g/mol. The molecule has 2 heterocycles. The molecule has 0 radical (unpaired) electrons. The minimum atomic E-state index is -0.488. The van der Waals surface area contributed by atoms with Crippen LogP contribution in [0.4, 0.5) is 0 Å². The van der Waals surface area contributed by atoms with Gasteiger partial charge in [-0.3, -0.25) is 4.68 Å². The van der Waals surface area contributed by atoms with Crippen LogP contribution in [0.15, 0.2) is 45.9 Å². The van der Waals surface area contributed by atoms with Crippen molar-refractivity contribution in [2.45, 2.75) is 13.1 Å². The van der Waals surface area contributed by atoms with Crippen LogP contribution in [0.3, 0.4) is 0 Å². The third kappa shape index (κ3) is 3.35. The van der Waals surface area contributed by atoms with E-state index in [-0.39, 0.29) is 17.1 Å². The first kappa shape index (κ1) is 15.1. The Balaban J connectivity index is 1.84. The molecule has 0 aliphatic rings. The van der Waals surface area contributed by atoms with Gasteiger partial charge in [-0.15, -0.1) is 0 Å². The Morgan fingerprint density at radius 2 is 2.04 bits per heavy atom. The number of nitrogens with zero attached hydrogens (tertiary/aromatic N) is 3. The molecular formula is C16H17N3O4. The van der Waals surface area contributed by atoms with Crippen molar-refractivity contribution in [2.75, 3.05) is 13.6 Å². The number of aromatic nitrogens is 2. The van der Waals surface area contributed by atoms with Crippen molar-refractivity contribution < 1.29 is 14.6 Å². The van der Waals surface area contributed by atoms with Crippen LogP contribution in [0.2, 0.25) is 0 Å². The maximum absolute atomic E-state index is 11.7. The number of benzene rings is 1. The van der Waals surface area contributed by atoms with E-state index in [1.54, 1.807) is 6.20 Å². The maximum atomic E-state index is 11.7. The van der Waals surface area contributed by atoms with Crippen molar-refractivity contribution in [3.8, 4) is 11.5 Å². The normalized spacial score (nSPS) is 11.4. The molecule has 7 nitrogen and oxygen atoms in total. The highest BCUT2D eigenvalue weighted by atomic mass is 16.4. The van der Waals surface area contributed by atoms with E-state index in [1.165, 1.54) is 18.2 Å². The zero-order chi connectivity index (χ0) is 16.4. The maximum Gasteiger partial charge on any atom is 0.336 e. The summed E-state index contributed by atoms with van der Waals surface area (Å²) < 4.78 is 6.91. The number of likely N-dealkylation sites (N-methyl/N-ethyl adjacent to an activating group) is 1. The highest BCUT2D eigenvalue weighted by Crippen LogP contribution is 2.31. The van der Waals surface area contributed by atoms with Crippen molar-refractivity contribution in [1.29, 1.82) is 0 Å². The molecule has 0 aliphatic heterocycles. The SMILES string of the molecule is CN(CCn1cccn1)Cc1cc(=O)oc2cc(O)c(O)cc12. The number of phenols is 2. The molecule has 23 heavy (non-hydrogen) atoms. The third-order valence-corrected chi connectivity index (χ3v) is 3.64. The summed E-state index contributed by atoms with van der Waals surface area (Å²) in [6.45, 7) is 1.98. The van der Waals surface area contributed by atoms with Crippen molar-refractivity contribution in [1.82, 2.24) is 14.7 Å². The van der Waals surface area contributed by atoms with E-state index in [2.05, 4.69) is 5.10 Å². The lowest BCUT2D eigenvalue weighted by Crippen LogP contribution is -2.23. The fourth-order valence-electron chi connectivity index (χ4n) is 2.46. The van der Waals surface area contributed by atoms with Crippen molar-refractivity contribution >= 4 is 11.0 Å². The molecule has 3 rings (SSSR count). The molecule has 0 aliphatic carbocycles. The first-order valence-electron chi connectivity index (χ1n) is 7.17. The van der Waals surface area contributed by atoms with Gasteiger partial charge in [0.25, 0.3) is 0 Å². The molecule has 0 atom stereocenters. The van der Waals surface area contributed by atoms with Gasteiger partial charge < -0.3 is 19.5 Å². The van der Waals surface area contributed by atoms with Gasteiger partial charge in [-0.05, 0) is 24.7 Å². The third-order valence-electron chi connectivity index (χ3n) is 3.64. The molecule has 2 aromatic heterocycles. The Morgan fingerprint density at radius 3 is 2.78 bits per heavy atom. The van der Waals surface area contributed by atoms with E-state index in [4.69, 9.17) is 4.42 Å². The molecule has 0 bridgehead atoms. The highest BCUT2D eigenvalue weighted by molar-refractivity contribution is 5.83. The van der Waals surface area contributed by atoms with Gasteiger partial charge in [0, 0.05) is 43.0 Å². The van der Waals surface area contributed by atoms with Crippen LogP contribution in [0, 0.1) is 0 Å².